The summed E-state index contributed by atoms with van der Waals surface area (Å²) in [6.45, 7) is 2.58. The van der Waals surface area contributed by atoms with Crippen molar-refractivity contribution in [1.29, 1.82) is 0 Å². The Morgan fingerprint density at radius 2 is 2.21 bits per heavy atom. The molecule has 4 N–H and O–H groups in total. The highest BCUT2D eigenvalue weighted by atomic mass is 32.1. The fourth-order valence-corrected chi connectivity index (χ4v) is 2.30. The van der Waals surface area contributed by atoms with Crippen LogP contribution in [0.2, 0.25) is 0 Å². The number of ether oxygens (including phenoxy) is 1. The minimum absolute atomic E-state index is 0.586. The Morgan fingerprint density at radius 1 is 1.43 bits per heavy atom. The second-order valence-corrected chi connectivity index (χ2v) is 3.89. The highest BCUT2D eigenvalue weighted by Crippen LogP contribution is 2.38. The molecule has 1 aromatic carbocycles. The minimum Gasteiger partial charge on any atom is -0.493 e. The van der Waals surface area contributed by atoms with E-state index in [4.69, 9.17) is 16.2 Å². The minimum atomic E-state index is 0.586. The van der Waals surface area contributed by atoms with Crippen LogP contribution in [0.4, 0.5) is 11.4 Å². The van der Waals surface area contributed by atoms with E-state index in [1.54, 1.807) is 17.4 Å². The highest BCUT2D eigenvalue weighted by molar-refractivity contribution is 7.18. The van der Waals surface area contributed by atoms with Crippen LogP contribution in [0.5, 0.6) is 5.75 Å². The molecule has 0 fully saturated rings. The number of hydrogen-bond acceptors (Lipinski definition) is 4. The predicted octanol–water partition coefficient (Wildman–Crippen LogP) is 2.46. The van der Waals surface area contributed by atoms with Gasteiger partial charge in [0.05, 0.1) is 22.7 Å². The molecule has 14 heavy (non-hydrogen) atoms. The van der Waals surface area contributed by atoms with Gasteiger partial charge < -0.3 is 16.2 Å². The summed E-state index contributed by atoms with van der Waals surface area (Å²) >= 11 is 1.58. The molecule has 0 saturated carbocycles. The number of benzene rings is 1. The Hall–Kier alpha value is -1.42. The zero-order chi connectivity index (χ0) is 10.1. The van der Waals surface area contributed by atoms with E-state index >= 15 is 0 Å². The van der Waals surface area contributed by atoms with Gasteiger partial charge >= 0.3 is 0 Å². The van der Waals surface area contributed by atoms with Crippen molar-refractivity contribution >= 4 is 32.8 Å². The van der Waals surface area contributed by atoms with E-state index in [-0.39, 0.29) is 0 Å². The van der Waals surface area contributed by atoms with Gasteiger partial charge in [-0.3, -0.25) is 0 Å². The Morgan fingerprint density at radius 3 is 2.93 bits per heavy atom. The van der Waals surface area contributed by atoms with E-state index in [9.17, 15) is 0 Å². The Balaban J connectivity index is 2.71. The average molecular weight is 208 g/mol. The quantitative estimate of drug-likeness (QED) is 0.745. The Labute approximate surface area is 86.3 Å². The van der Waals surface area contributed by atoms with E-state index in [2.05, 4.69) is 0 Å². The number of nitrogens with two attached hydrogens (primary N) is 2. The molecule has 0 aliphatic heterocycles. The zero-order valence-corrected chi connectivity index (χ0v) is 8.73. The summed E-state index contributed by atoms with van der Waals surface area (Å²) in [5.41, 5.74) is 12.9. The Kier molecular flexibility index (Phi) is 2.21. The van der Waals surface area contributed by atoms with Crippen LogP contribution in [0.3, 0.4) is 0 Å². The maximum atomic E-state index is 5.86. The second-order valence-electron chi connectivity index (χ2n) is 2.97. The van der Waals surface area contributed by atoms with Gasteiger partial charge in [0.1, 0.15) is 5.75 Å². The maximum Gasteiger partial charge on any atom is 0.130 e. The molecule has 0 spiro atoms. The normalized spacial score (nSPS) is 10.6. The molecule has 0 saturated heterocycles. The third-order valence-corrected chi connectivity index (χ3v) is 3.02. The fourth-order valence-electron chi connectivity index (χ4n) is 1.41. The Bertz CT molecular complexity index is 464. The lowest BCUT2D eigenvalue weighted by molar-refractivity contribution is 0.344. The highest BCUT2D eigenvalue weighted by Gasteiger charge is 2.09. The number of nitrogen functional groups attached to an aromatic ring is 2. The third-order valence-electron chi connectivity index (χ3n) is 2.07. The SMILES string of the molecule is CCOc1cc(N)c(N)c2sccc12. The first-order chi connectivity index (χ1) is 6.74. The van der Waals surface area contributed by atoms with Crippen molar-refractivity contribution < 1.29 is 4.74 Å². The van der Waals surface area contributed by atoms with Gasteiger partial charge in [0, 0.05) is 11.5 Å². The van der Waals surface area contributed by atoms with Crippen molar-refractivity contribution in [3.8, 4) is 5.75 Å². The van der Waals surface area contributed by atoms with Crippen molar-refractivity contribution in [2.45, 2.75) is 6.92 Å². The number of fused-ring (bicyclic) bond motifs is 1. The van der Waals surface area contributed by atoms with Gasteiger partial charge in [-0.1, -0.05) is 0 Å². The molecule has 0 bridgehead atoms. The first-order valence-electron chi connectivity index (χ1n) is 4.42. The molecule has 0 aliphatic rings. The predicted molar refractivity (Wildman–Crippen MR) is 61.8 cm³/mol. The van der Waals surface area contributed by atoms with Gasteiger partial charge in [-0.25, -0.2) is 0 Å². The molecule has 0 aliphatic carbocycles. The summed E-state index contributed by atoms with van der Waals surface area (Å²) in [4.78, 5) is 0. The first kappa shape index (κ1) is 9.15. The molecule has 0 amide bonds. The summed E-state index contributed by atoms with van der Waals surface area (Å²) in [5.74, 6) is 0.815. The summed E-state index contributed by atoms with van der Waals surface area (Å²) in [5, 5.41) is 3.03. The van der Waals surface area contributed by atoms with Gasteiger partial charge in [-0.15, -0.1) is 11.3 Å². The standard InChI is InChI=1S/C10H12N2OS/c1-2-13-8-5-7(11)9(12)10-6(8)3-4-14-10/h3-5H,2,11-12H2,1H3. The van der Waals surface area contributed by atoms with Crippen LogP contribution >= 0.6 is 11.3 Å². The molecule has 4 heteroatoms. The van der Waals surface area contributed by atoms with E-state index < -0.39 is 0 Å². The van der Waals surface area contributed by atoms with Crippen molar-refractivity contribution in [2.75, 3.05) is 18.1 Å². The summed E-state index contributed by atoms with van der Waals surface area (Å²) in [7, 11) is 0. The zero-order valence-electron chi connectivity index (χ0n) is 7.91. The van der Waals surface area contributed by atoms with Crippen LogP contribution in [0.15, 0.2) is 17.5 Å². The van der Waals surface area contributed by atoms with Gasteiger partial charge in [-0.05, 0) is 18.4 Å². The van der Waals surface area contributed by atoms with Crippen LogP contribution in [0.1, 0.15) is 6.92 Å². The first-order valence-corrected chi connectivity index (χ1v) is 5.30. The van der Waals surface area contributed by atoms with Crippen molar-refractivity contribution in [1.82, 2.24) is 0 Å². The number of thiophene rings is 1. The second kappa shape index (κ2) is 3.38. The van der Waals surface area contributed by atoms with Crippen LogP contribution < -0.4 is 16.2 Å². The number of rotatable bonds is 2. The van der Waals surface area contributed by atoms with E-state index in [1.807, 2.05) is 18.4 Å². The smallest absolute Gasteiger partial charge is 0.130 e. The molecule has 0 unspecified atom stereocenters. The molecule has 3 nitrogen and oxygen atoms in total. The lowest BCUT2D eigenvalue weighted by Gasteiger charge is -2.08. The largest absolute Gasteiger partial charge is 0.493 e. The number of hydrogen-bond donors (Lipinski definition) is 2. The van der Waals surface area contributed by atoms with E-state index in [0.717, 1.165) is 15.8 Å². The molecule has 1 heterocycles. The lowest BCUT2D eigenvalue weighted by Crippen LogP contribution is -1.98. The van der Waals surface area contributed by atoms with E-state index in [1.165, 1.54) is 0 Å². The van der Waals surface area contributed by atoms with Gasteiger partial charge in [-0.2, -0.15) is 0 Å². The van der Waals surface area contributed by atoms with Gasteiger partial charge in [0.15, 0.2) is 0 Å². The average Bonchev–Trinajstić information content (AvgIpc) is 2.63. The monoisotopic (exact) mass is 208 g/mol. The summed E-state index contributed by atoms with van der Waals surface area (Å²) < 4.78 is 6.49. The fraction of sp³-hybridized carbons (Fsp3) is 0.200. The molecule has 0 atom stereocenters. The van der Waals surface area contributed by atoms with Crippen molar-refractivity contribution in [2.24, 2.45) is 0 Å². The van der Waals surface area contributed by atoms with Crippen LogP contribution in [-0.2, 0) is 0 Å². The van der Waals surface area contributed by atoms with Gasteiger partial charge in [0.25, 0.3) is 0 Å². The molecule has 0 radical (unpaired) electrons. The molecule has 1 aromatic heterocycles. The van der Waals surface area contributed by atoms with Gasteiger partial charge in [0.2, 0.25) is 0 Å². The lowest BCUT2D eigenvalue weighted by atomic mass is 10.2. The molecule has 74 valence electrons. The number of anilines is 2. The summed E-state index contributed by atoms with van der Waals surface area (Å²) in [6.07, 6.45) is 0. The van der Waals surface area contributed by atoms with E-state index in [0.29, 0.717) is 18.0 Å². The molecular weight excluding hydrogens is 196 g/mol. The third kappa shape index (κ3) is 1.28. The molecule has 2 rings (SSSR count). The maximum absolute atomic E-state index is 5.86. The van der Waals surface area contributed by atoms with Crippen molar-refractivity contribution in [3.05, 3.63) is 17.5 Å². The van der Waals surface area contributed by atoms with Crippen molar-refractivity contribution in [3.63, 3.8) is 0 Å². The van der Waals surface area contributed by atoms with Crippen LogP contribution in [-0.4, -0.2) is 6.61 Å². The summed E-state index contributed by atoms with van der Waals surface area (Å²) in [6, 6.07) is 3.79. The van der Waals surface area contributed by atoms with Crippen LogP contribution in [0, 0.1) is 0 Å². The topological polar surface area (TPSA) is 61.3 Å². The molecule has 2 aromatic rings. The molecular formula is C10H12N2OS. The van der Waals surface area contributed by atoms with Crippen LogP contribution in [0.25, 0.3) is 10.1 Å².